The van der Waals surface area contributed by atoms with Gasteiger partial charge in [-0.15, -0.1) is 0 Å². The minimum atomic E-state index is -0.658. The predicted octanol–water partition coefficient (Wildman–Crippen LogP) is -0.360. The zero-order chi connectivity index (χ0) is 17.9. The van der Waals surface area contributed by atoms with Crippen molar-refractivity contribution in [2.24, 2.45) is 7.05 Å². The summed E-state index contributed by atoms with van der Waals surface area (Å²) in [5.41, 5.74) is 4.64. The van der Waals surface area contributed by atoms with Crippen LogP contribution in [0.1, 0.15) is 42.4 Å². The fourth-order valence-corrected chi connectivity index (χ4v) is 2.54. The highest BCUT2D eigenvalue weighted by molar-refractivity contribution is 6.00. The van der Waals surface area contributed by atoms with Crippen LogP contribution in [0.15, 0.2) is 32.4 Å². The molecule has 0 unspecified atom stereocenters. The lowest BCUT2D eigenvalue weighted by molar-refractivity contribution is -0.683. The Hall–Kier alpha value is -2.61. The van der Waals surface area contributed by atoms with Crippen molar-refractivity contribution in [1.29, 1.82) is 0 Å². The molecule has 8 heteroatoms. The number of nitrogens with two attached hydrogens (primary N) is 2. The van der Waals surface area contributed by atoms with Crippen LogP contribution in [0, 0.1) is 0 Å². The number of carbonyl (C=O) groups excluding carboxylic acids is 1. The smallest absolute Gasteiger partial charge is 0.332 e. The number of nitrogens with zero attached hydrogens (tertiary/aromatic N) is 2. The van der Waals surface area contributed by atoms with Gasteiger partial charge in [0.05, 0.1) is 6.26 Å². The Kier molecular flexibility index (Phi) is 5.40. The first kappa shape index (κ1) is 17.7. The molecule has 0 saturated heterocycles. The maximum atomic E-state index is 12.5. The Bertz CT molecular complexity index is 833. The molecule has 2 aromatic rings. The second-order valence-electron chi connectivity index (χ2n) is 5.73. The number of hydrogen-bond donors (Lipinski definition) is 2. The summed E-state index contributed by atoms with van der Waals surface area (Å²) in [5.74, 6) is 0.269. The molecule has 0 aliphatic heterocycles. The van der Waals surface area contributed by atoms with Crippen molar-refractivity contribution in [2.75, 3.05) is 12.3 Å². The van der Waals surface area contributed by atoms with Gasteiger partial charge in [0.2, 0.25) is 5.78 Å². The van der Waals surface area contributed by atoms with Gasteiger partial charge in [0.15, 0.2) is 5.76 Å². The molecule has 0 saturated carbocycles. The van der Waals surface area contributed by atoms with Crippen LogP contribution >= 0.6 is 0 Å². The standard InChI is InChI=1S/C16H22N4O4/c1-4-7-20-14(17)13(15(22)19(3)16(20)23)11(21)9-18-10(2)12-6-5-8-24-12/h5-6,8,10,18H,4,7,9,17H2,1-3H3/p+1/t10-/m0/s1. The monoisotopic (exact) mass is 335 g/mol. The second kappa shape index (κ2) is 7.31. The lowest BCUT2D eigenvalue weighted by Gasteiger charge is -2.14. The maximum absolute atomic E-state index is 12.5. The van der Waals surface area contributed by atoms with Crippen molar-refractivity contribution in [3.63, 3.8) is 0 Å². The number of aromatic nitrogens is 2. The first-order valence-electron chi connectivity index (χ1n) is 7.87. The van der Waals surface area contributed by atoms with E-state index < -0.39 is 17.0 Å². The number of quaternary nitrogens is 1. The first-order chi connectivity index (χ1) is 11.4. The van der Waals surface area contributed by atoms with Crippen molar-refractivity contribution >= 4 is 11.6 Å². The largest absolute Gasteiger partial charge is 0.463 e. The number of nitrogen functional groups attached to an aromatic ring is 1. The van der Waals surface area contributed by atoms with Crippen molar-refractivity contribution in [1.82, 2.24) is 9.13 Å². The average molecular weight is 335 g/mol. The van der Waals surface area contributed by atoms with E-state index in [-0.39, 0.29) is 24.0 Å². The molecule has 0 bridgehead atoms. The molecule has 8 nitrogen and oxygen atoms in total. The van der Waals surface area contributed by atoms with Crippen molar-refractivity contribution in [3.05, 3.63) is 50.6 Å². The van der Waals surface area contributed by atoms with Gasteiger partial charge in [-0.3, -0.25) is 18.7 Å². The summed E-state index contributed by atoms with van der Waals surface area (Å²) in [4.78, 5) is 36.9. The zero-order valence-electron chi connectivity index (χ0n) is 14.1. The molecule has 0 aromatic carbocycles. The Morgan fingerprint density at radius 3 is 2.71 bits per heavy atom. The van der Waals surface area contributed by atoms with E-state index in [0.717, 1.165) is 10.3 Å². The molecule has 2 rings (SSSR count). The Morgan fingerprint density at radius 1 is 1.42 bits per heavy atom. The molecule has 0 spiro atoms. The van der Waals surface area contributed by atoms with Crippen LogP contribution in [0.2, 0.25) is 0 Å². The van der Waals surface area contributed by atoms with E-state index in [1.165, 1.54) is 11.6 Å². The normalized spacial score (nSPS) is 12.3. The number of furan rings is 1. The zero-order valence-corrected chi connectivity index (χ0v) is 14.1. The number of anilines is 1. The van der Waals surface area contributed by atoms with Crippen LogP contribution in [0.5, 0.6) is 0 Å². The number of ketones is 1. The van der Waals surface area contributed by atoms with E-state index in [1.54, 1.807) is 17.6 Å². The van der Waals surface area contributed by atoms with E-state index in [2.05, 4.69) is 0 Å². The predicted molar refractivity (Wildman–Crippen MR) is 88.9 cm³/mol. The van der Waals surface area contributed by atoms with Gasteiger partial charge in [0.25, 0.3) is 5.56 Å². The van der Waals surface area contributed by atoms with Crippen molar-refractivity contribution in [2.45, 2.75) is 32.9 Å². The fourth-order valence-electron chi connectivity index (χ4n) is 2.54. The summed E-state index contributed by atoms with van der Waals surface area (Å²) in [5, 5.41) is 1.76. The van der Waals surface area contributed by atoms with Gasteiger partial charge in [-0.2, -0.15) is 0 Å². The molecule has 1 atom stereocenters. The van der Waals surface area contributed by atoms with Crippen LogP contribution < -0.4 is 22.3 Å². The average Bonchev–Trinajstić information content (AvgIpc) is 3.09. The van der Waals surface area contributed by atoms with Crippen LogP contribution in [0.25, 0.3) is 0 Å². The van der Waals surface area contributed by atoms with Crippen molar-refractivity contribution < 1.29 is 14.5 Å². The molecule has 0 amide bonds. The minimum absolute atomic E-state index is 0.0334. The molecule has 0 fully saturated rings. The first-order valence-corrected chi connectivity index (χ1v) is 7.87. The summed E-state index contributed by atoms with van der Waals surface area (Å²) < 4.78 is 7.48. The summed E-state index contributed by atoms with van der Waals surface area (Å²) in [6.45, 7) is 4.17. The molecule has 0 aliphatic rings. The van der Waals surface area contributed by atoms with E-state index in [0.29, 0.717) is 13.0 Å². The summed E-state index contributed by atoms with van der Waals surface area (Å²) in [7, 11) is 1.35. The minimum Gasteiger partial charge on any atom is -0.463 e. The molecule has 2 heterocycles. The molecular formula is C16H23N4O4+. The molecule has 130 valence electrons. The highest BCUT2D eigenvalue weighted by Crippen LogP contribution is 2.08. The molecule has 0 aliphatic carbocycles. The van der Waals surface area contributed by atoms with E-state index in [4.69, 9.17) is 10.2 Å². The van der Waals surface area contributed by atoms with Gasteiger partial charge < -0.3 is 15.5 Å². The third-order valence-electron chi connectivity index (χ3n) is 3.96. The quantitative estimate of drug-likeness (QED) is 0.670. The third-order valence-corrected chi connectivity index (χ3v) is 3.96. The maximum Gasteiger partial charge on any atom is 0.332 e. The number of carbonyl (C=O) groups is 1. The van der Waals surface area contributed by atoms with E-state index >= 15 is 0 Å². The van der Waals surface area contributed by atoms with Gasteiger partial charge in [-0.25, -0.2) is 4.79 Å². The van der Waals surface area contributed by atoms with Crippen molar-refractivity contribution in [3.8, 4) is 0 Å². The summed E-state index contributed by atoms with van der Waals surface area (Å²) in [6.07, 6.45) is 2.23. The molecule has 4 N–H and O–H groups in total. The van der Waals surface area contributed by atoms with Gasteiger partial charge in [0, 0.05) is 13.6 Å². The lowest BCUT2D eigenvalue weighted by Crippen LogP contribution is -2.86. The topological polar surface area (TPSA) is 117 Å². The van der Waals surface area contributed by atoms with Gasteiger partial charge >= 0.3 is 5.69 Å². The van der Waals surface area contributed by atoms with Crippen LogP contribution in [0.4, 0.5) is 5.82 Å². The number of hydrogen-bond acceptors (Lipinski definition) is 5. The van der Waals surface area contributed by atoms with Crippen LogP contribution in [-0.2, 0) is 13.6 Å². The van der Waals surface area contributed by atoms with E-state index in [1.807, 2.05) is 19.9 Å². The summed E-state index contributed by atoms with van der Waals surface area (Å²) >= 11 is 0. The van der Waals surface area contributed by atoms with Crippen LogP contribution in [0.3, 0.4) is 0 Å². The molecule has 2 aromatic heterocycles. The molecular weight excluding hydrogens is 312 g/mol. The summed E-state index contributed by atoms with van der Waals surface area (Å²) in [6, 6.07) is 3.52. The van der Waals surface area contributed by atoms with E-state index in [9.17, 15) is 14.4 Å². The van der Waals surface area contributed by atoms with Crippen LogP contribution in [-0.4, -0.2) is 21.5 Å². The molecule has 0 radical (unpaired) electrons. The lowest BCUT2D eigenvalue weighted by atomic mass is 10.1. The molecule has 24 heavy (non-hydrogen) atoms. The highest BCUT2D eigenvalue weighted by Gasteiger charge is 2.23. The number of rotatable bonds is 7. The van der Waals surface area contributed by atoms with Gasteiger partial charge in [0.1, 0.15) is 24.0 Å². The fraction of sp³-hybridized carbons (Fsp3) is 0.438. The van der Waals surface area contributed by atoms with Gasteiger partial charge in [-0.1, -0.05) is 6.92 Å². The Morgan fingerprint density at radius 2 is 2.12 bits per heavy atom. The third kappa shape index (κ3) is 3.33. The second-order valence-corrected chi connectivity index (χ2v) is 5.73. The Balaban J connectivity index is 2.29. The highest BCUT2D eigenvalue weighted by atomic mass is 16.3. The van der Waals surface area contributed by atoms with Gasteiger partial charge in [-0.05, 0) is 25.5 Å². The Labute approximate surface area is 138 Å². The number of Topliss-reactive ketones (excluding diaryl/α,β-unsaturated/α-hetero) is 1. The SMILES string of the molecule is CCCn1c(N)c(C(=O)C[NH2+][C@@H](C)c2ccco2)c(=O)n(C)c1=O.